The Morgan fingerprint density at radius 1 is 1.13 bits per heavy atom. The number of rotatable bonds is 4. The van der Waals surface area contributed by atoms with Gasteiger partial charge in [0.25, 0.3) is 17.5 Å². The molecule has 1 aromatic carbocycles. The van der Waals surface area contributed by atoms with E-state index in [0.29, 0.717) is 0 Å². The molecule has 0 radical (unpaired) electrons. The predicted octanol–water partition coefficient (Wildman–Crippen LogP) is 1.75. The number of hydrogen-bond donors (Lipinski definition) is 1. The molecule has 2 fully saturated rings. The van der Waals surface area contributed by atoms with Gasteiger partial charge in [0.2, 0.25) is 0 Å². The molecule has 2 saturated heterocycles. The van der Waals surface area contributed by atoms with Gasteiger partial charge in [-0.25, -0.2) is 4.79 Å². The Balaban J connectivity index is 1.53. The number of nitro benzene ring substituents is 1. The summed E-state index contributed by atoms with van der Waals surface area (Å²) in [5.74, 6) is -2.15. The number of furan rings is 1. The standard InChI is InChI=1S/C20H19N3O8/c24-17(13-3-1-4-14(11-13)23(28)29)21-8-6-20(7-9-21)22(15(12-31-20)19(26)27)18(25)16-5-2-10-30-16/h1-5,10-11,15H,6-9,12H2,(H,26,27). The second kappa shape index (κ2) is 7.84. The van der Waals surface area contributed by atoms with Crippen molar-refractivity contribution in [3.8, 4) is 0 Å². The quantitative estimate of drug-likeness (QED) is 0.572. The molecule has 0 aliphatic carbocycles. The number of likely N-dealkylation sites (tertiary alicyclic amines) is 1. The van der Waals surface area contributed by atoms with Gasteiger partial charge in [-0.15, -0.1) is 0 Å². The molecule has 1 N–H and O–H groups in total. The van der Waals surface area contributed by atoms with E-state index in [1.54, 1.807) is 0 Å². The number of carbonyl (C=O) groups excluding carboxylic acids is 2. The van der Waals surface area contributed by atoms with E-state index in [1.807, 2.05) is 0 Å². The van der Waals surface area contributed by atoms with Crippen LogP contribution in [0.3, 0.4) is 0 Å². The van der Waals surface area contributed by atoms with E-state index >= 15 is 0 Å². The third-order valence-electron chi connectivity index (χ3n) is 5.63. The summed E-state index contributed by atoms with van der Waals surface area (Å²) in [6.07, 6.45) is 1.72. The lowest BCUT2D eigenvalue weighted by atomic mass is 9.96. The second-order valence-corrected chi connectivity index (χ2v) is 7.36. The molecular weight excluding hydrogens is 410 g/mol. The first kappa shape index (κ1) is 20.5. The number of aliphatic carboxylic acids is 1. The van der Waals surface area contributed by atoms with Gasteiger partial charge >= 0.3 is 5.97 Å². The van der Waals surface area contributed by atoms with Crippen LogP contribution in [0.15, 0.2) is 47.1 Å². The zero-order chi connectivity index (χ0) is 22.2. The first-order valence-corrected chi connectivity index (χ1v) is 9.60. The van der Waals surface area contributed by atoms with Gasteiger partial charge in [0.15, 0.2) is 11.8 Å². The van der Waals surface area contributed by atoms with Crippen molar-refractivity contribution in [1.29, 1.82) is 0 Å². The highest BCUT2D eigenvalue weighted by Gasteiger charge is 2.55. The minimum absolute atomic E-state index is 0.00576. The highest BCUT2D eigenvalue weighted by atomic mass is 16.6. The molecule has 11 heteroatoms. The number of amides is 2. The largest absolute Gasteiger partial charge is 0.480 e. The Labute approximate surface area is 175 Å². The lowest BCUT2D eigenvalue weighted by molar-refractivity contribution is -0.384. The van der Waals surface area contributed by atoms with Crippen molar-refractivity contribution in [2.24, 2.45) is 0 Å². The molecule has 2 aromatic rings. The normalized spacial score (nSPS) is 20.1. The molecule has 162 valence electrons. The Morgan fingerprint density at radius 3 is 2.48 bits per heavy atom. The summed E-state index contributed by atoms with van der Waals surface area (Å²) in [6.45, 7) is 0.214. The molecule has 4 rings (SSSR count). The number of nitro groups is 1. The number of nitrogens with zero attached hydrogens (tertiary/aromatic N) is 3. The molecule has 3 heterocycles. The van der Waals surface area contributed by atoms with Crippen LogP contribution in [0.25, 0.3) is 0 Å². The highest BCUT2D eigenvalue weighted by molar-refractivity contribution is 5.96. The maximum absolute atomic E-state index is 13.0. The third kappa shape index (κ3) is 3.63. The molecule has 2 aliphatic rings. The van der Waals surface area contributed by atoms with Crippen LogP contribution in [0.4, 0.5) is 5.69 Å². The average molecular weight is 429 g/mol. The maximum atomic E-state index is 13.0. The zero-order valence-corrected chi connectivity index (χ0v) is 16.3. The maximum Gasteiger partial charge on any atom is 0.328 e. The summed E-state index contributed by atoms with van der Waals surface area (Å²) in [4.78, 5) is 50.7. The van der Waals surface area contributed by atoms with Crippen LogP contribution >= 0.6 is 0 Å². The van der Waals surface area contributed by atoms with Crippen LogP contribution in [-0.2, 0) is 9.53 Å². The van der Waals surface area contributed by atoms with Crippen LogP contribution < -0.4 is 0 Å². The van der Waals surface area contributed by atoms with Gasteiger partial charge in [-0.3, -0.25) is 24.6 Å². The Kier molecular flexibility index (Phi) is 5.19. The van der Waals surface area contributed by atoms with Crippen molar-refractivity contribution in [3.63, 3.8) is 0 Å². The van der Waals surface area contributed by atoms with Crippen LogP contribution in [0.2, 0.25) is 0 Å². The highest BCUT2D eigenvalue weighted by Crippen LogP contribution is 2.38. The molecule has 2 aliphatic heterocycles. The summed E-state index contributed by atoms with van der Waals surface area (Å²) in [5.41, 5.74) is -1.17. The zero-order valence-electron chi connectivity index (χ0n) is 16.3. The summed E-state index contributed by atoms with van der Waals surface area (Å²) in [7, 11) is 0. The summed E-state index contributed by atoms with van der Waals surface area (Å²) < 4.78 is 11.0. The molecule has 1 spiro atoms. The lowest BCUT2D eigenvalue weighted by Crippen LogP contribution is -2.58. The van der Waals surface area contributed by atoms with Gasteiger partial charge in [0.1, 0.15) is 5.72 Å². The van der Waals surface area contributed by atoms with Gasteiger partial charge in [-0.05, 0) is 18.2 Å². The number of benzene rings is 1. The van der Waals surface area contributed by atoms with Crippen molar-refractivity contribution in [1.82, 2.24) is 9.80 Å². The minimum atomic E-state index is -1.19. The van der Waals surface area contributed by atoms with Crippen molar-refractivity contribution in [2.45, 2.75) is 24.6 Å². The van der Waals surface area contributed by atoms with Crippen molar-refractivity contribution < 1.29 is 33.6 Å². The van der Waals surface area contributed by atoms with Gasteiger partial charge in [0.05, 0.1) is 17.8 Å². The lowest BCUT2D eigenvalue weighted by Gasteiger charge is -2.43. The van der Waals surface area contributed by atoms with Crippen LogP contribution in [0.1, 0.15) is 33.8 Å². The smallest absolute Gasteiger partial charge is 0.328 e. The van der Waals surface area contributed by atoms with Crippen molar-refractivity contribution >= 4 is 23.5 Å². The van der Waals surface area contributed by atoms with E-state index in [-0.39, 0.29) is 55.5 Å². The molecule has 1 aromatic heterocycles. The molecule has 1 atom stereocenters. The van der Waals surface area contributed by atoms with E-state index in [4.69, 9.17) is 9.15 Å². The van der Waals surface area contributed by atoms with Crippen LogP contribution in [-0.4, -0.2) is 69.1 Å². The van der Waals surface area contributed by atoms with E-state index in [0.717, 1.165) is 0 Å². The van der Waals surface area contributed by atoms with Crippen LogP contribution in [0.5, 0.6) is 0 Å². The molecule has 0 bridgehead atoms. The number of piperidine rings is 1. The van der Waals surface area contributed by atoms with E-state index in [9.17, 15) is 29.6 Å². The van der Waals surface area contributed by atoms with E-state index in [2.05, 4.69) is 0 Å². The molecule has 1 unspecified atom stereocenters. The molecule has 11 nitrogen and oxygen atoms in total. The number of carboxylic acid groups (broad SMARTS) is 1. The van der Waals surface area contributed by atoms with Gasteiger partial charge < -0.3 is 19.2 Å². The predicted molar refractivity (Wildman–Crippen MR) is 103 cm³/mol. The number of ether oxygens (including phenoxy) is 1. The molecular formula is C20H19N3O8. The topological polar surface area (TPSA) is 143 Å². The summed E-state index contributed by atoms with van der Waals surface area (Å²) in [5, 5.41) is 20.6. The fraction of sp³-hybridized carbons (Fsp3) is 0.350. The monoisotopic (exact) mass is 429 g/mol. The summed E-state index contributed by atoms with van der Waals surface area (Å²) >= 11 is 0. The minimum Gasteiger partial charge on any atom is -0.480 e. The Bertz CT molecular complexity index is 1030. The number of hydrogen-bond acceptors (Lipinski definition) is 7. The fourth-order valence-corrected chi connectivity index (χ4v) is 4.07. The van der Waals surface area contributed by atoms with Crippen LogP contribution in [0, 0.1) is 10.1 Å². The average Bonchev–Trinajstić information content (AvgIpc) is 3.42. The number of carboxylic acids is 1. The first-order chi connectivity index (χ1) is 14.8. The number of non-ortho nitro benzene ring substituents is 1. The van der Waals surface area contributed by atoms with E-state index in [1.165, 1.54) is 52.5 Å². The molecule has 2 amide bonds. The SMILES string of the molecule is O=C(O)C1COC2(CCN(C(=O)c3cccc([N+](=O)[O-])c3)CC2)N1C(=O)c1ccco1. The van der Waals surface area contributed by atoms with Gasteiger partial charge in [0, 0.05) is 43.6 Å². The Hall–Kier alpha value is -3.73. The van der Waals surface area contributed by atoms with E-state index < -0.39 is 28.6 Å². The van der Waals surface area contributed by atoms with Gasteiger partial charge in [-0.2, -0.15) is 0 Å². The first-order valence-electron chi connectivity index (χ1n) is 9.60. The van der Waals surface area contributed by atoms with Gasteiger partial charge in [-0.1, -0.05) is 6.07 Å². The second-order valence-electron chi connectivity index (χ2n) is 7.36. The molecule has 31 heavy (non-hydrogen) atoms. The third-order valence-corrected chi connectivity index (χ3v) is 5.63. The fourth-order valence-electron chi connectivity index (χ4n) is 4.07. The Morgan fingerprint density at radius 2 is 1.87 bits per heavy atom. The van der Waals surface area contributed by atoms with Crippen molar-refractivity contribution in [3.05, 3.63) is 64.1 Å². The van der Waals surface area contributed by atoms with Crippen molar-refractivity contribution in [2.75, 3.05) is 19.7 Å². The molecule has 0 saturated carbocycles. The summed E-state index contributed by atoms with van der Waals surface area (Å²) in [6, 6.07) is 7.28. The number of carbonyl (C=O) groups is 3.